The highest BCUT2D eigenvalue weighted by atomic mass is 35.5. The molecule has 0 radical (unpaired) electrons. The first-order valence-corrected chi connectivity index (χ1v) is 7.76. The van der Waals surface area contributed by atoms with Crippen LogP contribution < -0.4 is 0 Å². The Hall–Kier alpha value is -1.02. The second-order valence-electron chi connectivity index (χ2n) is 6.29. The van der Waals surface area contributed by atoms with E-state index in [0.29, 0.717) is 16.5 Å². The van der Waals surface area contributed by atoms with Crippen molar-refractivity contribution in [2.45, 2.75) is 38.7 Å². The largest absolute Gasteiger partial charge is 0.388 e. The third-order valence-corrected chi connectivity index (χ3v) is 4.15. The molecule has 0 aliphatic rings. The van der Waals surface area contributed by atoms with Crippen LogP contribution in [0.15, 0.2) is 42.5 Å². The van der Waals surface area contributed by atoms with E-state index in [9.17, 15) is 5.11 Å². The Morgan fingerprint density at radius 3 is 2.38 bits per heavy atom. The second kappa shape index (κ2) is 6.39. The molecule has 0 saturated heterocycles. The minimum Gasteiger partial charge on any atom is -0.388 e. The smallest absolute Gasteiger partial charge is 0.0833 e. The summed E-state index contributed by atoms with van der Waals surface area (Å²) in [6.07, 6.45) is -0.150. The maximum absolute atomic E-state index is 10.6. The molecule has 0 bridgehead atoms. The van der Waals surface area contributed by atoms with Crippen molar-refractivity contribution >= 4 is 23.2 Å². The van der Waals surface area contributed by atoms with Crippen LogP contribution in [0.2, 0.25) is 10.0 Å². The first-order chi connectivity index (χ1) is 9.79. The summed E-state index contributed by atoms with van der Waals surface area (Å²) < 4.78 is 0. The van der Waals surface area contributed by atoms with E-state index < -0.39 is 6.10 Å². The van der Waals surface area contributed by atoms with E-state index in [0.717, 1.165) is 16.7 Å². The van der Waals surface area contributed by atoms with Gasteiger partial charge in [-0.2, -0.15) is 0 Å². The minimum atomic E-state index is -0.601. The summed E-state index contributed by atoms with van der Waals surface area (Å²) in [5.41, 5.74) is 2.94. The summed E-state index contributed by atoms with van der Waals surface area (Å²) in [5.74, 6) is 0. The maximum Gasteiger partial charge on any atom is 0.0833 e. The number of benzene rings is 2. The zero-order valence-electron chi connectivity index (χ0n) is 12.5. The second-order valence-corrected chi connectivity index (χ2v) is 7.14. The molecule has 0 saturated carbocycles. The van der Waals surface area contributed by atoms with Gasteiger partial charge >= 0.3 is 0 Å². The van der Waals surface area contributed by atoms with Crippen molar-refractivity contribution < 1.29 is 5.11 Å². The van der Waals surface area contributed by atoms with E-state index >= 15 is 0 Å². The average Bonchev–Trinajstić information content (AvgIpc) is 2.42. The molecule has 0 aliphatic carbocycles. The first-order valence-electron chi connectivity index (χ1n) is 7.00. The molecule has 1 nitrogen and oxygen atoms in total. The van der Waals surface area contributed by atoms with Crippen LogP contribution in [-0.4, -0.2) is 5.11 Å². The summed E-state index contributed by atoms with van der Waals surface area (Å²) >= 11 is 12.2. The Kier molecular flexibility index (Phi) is 4.98. The molecule has 0 fully saturated rings. The van der Waals surface area contributed by atoms with Gasteiger partial charge in [-0.1, -0.05) is 68.2 Å². The molecule has 1 unspecified atom stereocenters. The van der Waals surface area contributed by atoms with Crippen LogP contribution in [0, 0.1) is 0 Å². The van der Waals surface area contributed by atoms with Gasteiger partial charge in [0.25, 0.3) is 0 Å². The van der Waals surface area contributed by atoms with E-state index in [4.69, 9.17) is 23.2 Å². The van der Waals surface area contributed by atoms with E-state index in [-0.39, 0.29) is 5.41 Å². The molecular formula is C18H20Cl2O. The van der Waals surface area contributed by atoms with Gasteiger partial charge in [0.15, 0.2) is 0 Å². The standard InChI is InChI=1S/C18H20Cl2O/c1-18(2,3)15-7-5-4-6-14(15)17(21)11-12-10-13(19)8-9-16(12)20/h4-10,17,21H,11H2,1-3H3. The van der Waals surface area contributed by atoms with Crippen LogP contribution >= 0.6 is 23.2 Å². The molecule has 2 rings (SSSR count). The normalized spacial score (nSPS) is 13.2. The van der Waals surface area contributed by atoms with Gasteiger partial charge in [0.05, 0.1) is 6.10 Å². The average molecular weight is 323 g/mol. The van der Waals surface area contributed by atoms with Crippen LogP contribution in [0.4, 0.5) is 0 Å². The predicted molar refractivity (Wildman–Crippen MR) is 90.3 cm³/mol. The first kappa shape index (κ1) is 16.4. The Morgan fingerprint density at radius 2 is 1.71 bits per heavy atom. The summed E-state index contributed by atoms with van der Waals surface area (Å²) in [6, 6.07) is 13.3. The number of rotatable bonds is 3. The molecule has 112 valence electrons. The van der Waals surface area contributed by atoms with Gasteiger partial charge in [0.1, 0.15) is 0 Å². The molecule has 0 spiro atoms. The Morgan fingerprint density at radius 1 is 1.05 bits per heavy atom. The van der Waals surface area contributed by atoms with Crippen molar-refractivity contribution in [2.24, 2.45) is 0 Å². The zero-order valence-corrected chi connectivity index (χ0v) is 14.0. The van der Waals surface area contributed by atoms with Crippen molar-refractivity contribution in [3.8, 4) is 0 Å². The molecule has 1 N–H and O–H groups in total. The minimum absolute atomic E-state index is 0.0182. The van der Waals surface area contributed by atoms with Gasteiger partial charge in [-0.15, -0.1) is 0 Å². The van der Waals surface area contributed by atoms with Gasteiger partial charge in [0, 0.05) is 16.5 Å². The van der Waals surface area contributed by atoms with Gasteiger partial charge in [0.2, 0.25) is 0 Å². The highest BCUT2D eigenvalue weighted by Gasteiger charge is 2.22. The van der Waals surface area contributed by atoms with Crippen LogP contribution in [0.1, 0.15) is 43.6 Å². The van der Waals surface area contributed by atoms with Crippen molar-refractivity contribution in [1.29, 1.82) is 0 Å². The molecule has 1 atom stereocenters. The molecule has 2 aromatic rings. The van der Waals surface area contributed by atoms with Gasteiger partial charge in [-0.05, 0) is 40.3 Å². The number of aliphatic hydroxyl groups excluding tert-OH is 1. The highest BCUT2D eigenvalue weighted by molar-refractivity contribution is 6.33. The van der Waals surface area contributed by atoms with Crippen molar-refractivity contribution in [1.82, 2.24) is 0 Å². The van der Waals surface area contributed by atoms with Gasteiger partial charge < -0.3 is 5.11 Å². The SMILES string of the molecule is CC(C)(C)c1ccccc1C(O)Cc1cc(Cl)ccc1Cl. The fraction of sp³-hybridized carbons (Fsp3) is 0.333. The molecule has 0 aromatic heterocycles. The van der Waals surface area contributed by atoms with Gasteiger partial charge in [-0.3, -0.25) is 0 Å². The number of halogens is 2. The quantitative estimate of drug-likeness (QED) is 0.783. The van der Waals surface area contributed by atoms with Crippen LogP contribution in [-0.2, 0) is 11.8 Å². The molecule has 0 heterocycles. The Bertz CT molecular complexity index is 629. The summed E-state index contributed by atoms with van der Waals surface area (Å²) in [4.78, 5) is 0. The maximum atomic E-state index is 10.6. The van der Waals surface area contributed by atoms with Crippen LogP contribution in [0.5, 0.6) is 0 Å². The molecule has 0 amide bonds. The van der Waals surface area contributed by atoms with E-state index in [1.54, 1.807) is 12.1 Å². The molecular weight excluding hydrogens is 303 g/mol. The summed E-state index contributed by atoms with van der Waals surface area (Å²) in [7, 11) is 0. The fourth-order valence-electron chi connectivity index (χ4n) is 2.49. The van der Waals surface area contributed by atoms with E-state index in [2.05, 4.69) is 26.8 Å². The lowest BCUT2D eigenvalue weighted by molar-refractivity contribution is 0.176. The number of hydrogen-bond acceptors (Lipinski definition) is 1. The third kappa shape index (κ3) is 4.00. The predicted octanol–water partition coefficient (Wildman–Crippen LogP) is 5.57. The number of hydrogen-bond donors (Lipinski definition) is 1. The van der Waals surface area contributed by atoms with Crippen LogP contribution in [0.25, 0.3) is 0 Å². The Labute approximate surface area is 136 Å². The lowest BCUT2D eigenvalue weighted by Gasteiger charge is -2.25. The van der Waals surface area contributed by atoms with Crippen molar-refractivity contribution in [3.63, 3.8) is 0 Å². The molecule has 3 heteroatoms. The fourth-order valence-corrected chi connectivity index (χ4v) is 2.88. The van der Waals surface area contributed by atoms with E-state index in [1.807, 2.05) is 24.3 Å². The lowest BCUT2D eigenvalue weighted by Crippen LogP contribution is -2.17. The molecule has 0 aliphatic heterocycles. The van der Waals surface area contributed by atoms with Gasteiger partial charge in [-0.25, -0.2) is 0 Å². The Balaban J connectivity index is 2.33. The molecule has 21 heavy (non-hydrogen) atoms. The molecule has 2 aromatic carbocycles. The number of aliphatic hydroxyl groups is 1. The van der Waals surface area contributed by atoms with Crippen LogP contribution in [0.3, 0.4) is 0 Å². The highest BCUT2D eigenvalue weighted by Crippen LogP contribution is 2.32. The topological polar surface area (TPSA) is 20.2 Å². The van der Waals surface area contributed by atoms with Crippen molar-refractivity contribution in [3.05, 3.63) is 69.2 Å². The van der Waals surface area contributed by atoms with Crippen molar-refractivity contribution in [2.75, 3.05) is 0 Å². The van der Waals surface area contributed by atoms with E-state index in [1.165, 1.54) is 0 Å². The lowest BCUT2D eigenvalue weighted by atomic mass is 9.81. The summed E-state index contributed by atoms with van der Waals surface area (Å²) in [6.45, 7) is 6.43. The zero-order chi connectivity index (χ0) is 15.6. The third-order valence-electron chi connectivity index (χ3n) is 3.55. The monoisotopic (exact) mass is 322 g/mol. The summed E-state index contributed by atoms with van der Waals surface area (Å²) in [5, 5.41) is 11.9.